The van der Waals surface area contributed by atoms with Crippen LogP contribution in [0.3, 0.4) is 0 Å². The number of hydrogen-bond donors (Lipinski definition) is 1. The molecule has 0 aromatic heterocycles. The van der Waals surface area contributed by atoms with Crippen molar-refractivity contribution in [2.75, 3.05) is 6.54 Å². The zero-order chi connectivity index (χ0) is 13.8. The standard InChI is InChI=1S/C17H25NO/c1-12-8-13(2)17(14(3)9-12)11-18-10-15-4-6-16(19)7-5-15/h8-9,15,18H,4-7,10-11H2,1-3H3. The molecule has 0 saturated heterocycles. The number of benzene rings is 1. The molecule has 2 rings (SSSR count). The molecule has 2 heteroatoms. The molecule has 19 heavy (non-hydrogen) atoms. The Morgan fingerprint density at radius 2 is 1.68 bits per heavy atom. The van der Waals surface area contributed by atoms with Crippen LogP contribution >= 0.6 is 0 Å². The zero-order valence-corrected chi connectivity index (χ0v) is 12.4. The summed E-state index contributed by atoms with van der Waals surface area (Å²) in [5, 5.41) is 3.58. The van der Waals surface area contributed by atoms with E-state index in [1.807, 2.05) is 0 Å². The molecule has 1 aromatic carbocycles. The summed E-state index contributed by atoms with van der Waals surface area (Å²) in [6.07, 6.45) is 3.71. The number of aryl methyl sites for hydroxylation is 3. The Morgan fingerprint density at radius 1 is 1.11 bits per heavy atom. The first-order valence-electron chi connectivity index (χ1n) is 7.35. The van der Waals surface area contributed by atoms with Gasteiger partial charge in [-0.1, -0.05) is 17.7 Å². The molecular weight excluding hydrogens is 234 g/mol. The largest absolute Gasteiger partial charge is 0.312 e. The number of carbonyl (C=O) groups excluding carboxylic acids is 1. The van der Waals surface area contributed by atoms with Crippen molar-refractivity contribution in [1.29, 1.82) is 0 Å². The maximum absolute atomic E-state index is 11.2. The Kier molecular flexibility index (Phi) is 4.76. The predicted molar refractivity (Wildman–Crippen MR) is 79.3 cm³/mol. The summed E-state index contributed by atoms with van der Waals surface area (Å²) in [5.41, 5.74) is 5.52. The van der Waals surface area contributed by atoms with Crippen LogP contribution in [0.5, 0.6) is 0 Å². The van der Waals surface area contributed by atoms with Crippen LogP contribution in [0.2, 0.25) is 0 Å². The van der Waals surface area contributed by atoms with E-state index in [-0.39, 0.29) is 0 Å². The molecule has 0 atom stereocenters. The van der Waals surface area contributed by atoms with E-state index in [1.54, 1.807) is 0 Å². The molecule has 0 heterocycles. The number of hydrogen-bond acceptors (Lipinski definition) is 2. The predicted octanol–water partition coefficient (Wildman–Crippen LogP) is 3.46. The molecule has 0 amide bonds. The van der Waals surface area contributed by atoms with Crippen LogP contribution in [0.25, 0.3) is 0 Å². The van der Waals surface area contributed by atoms with Gasteiger partial charge in [0, 0.05) is 19.4 Å². The van der Waals surface area contributed by atoms with E-state index in [0.717, 1.165) is 38.8 Å². The van der Waals surface area contributed by atoms with E-state index < -0.39 is 0 Å². The van der Waals surface area contributed by atoms with Crippen LogP contribution in [-0.2, 0) is 11.3 Å². The van der Waals surface area contributed by atoms with Gasteiger partial charge in [-0.2, -0.15) is 0 Å². The van der Waals surface area contributed by atoms with Crippen LogP contribution in [-0.4, -0.2) is 12.3 Å². The molecule has 104 valence electrons. The highest BCUT2D eigenvalue weighted by Crippen LogP contribution is 2.21. The van der Waals surface area contributed by atoms with Gasteiger partial charge in [0.05, 0.1) is 0 Å². The number of carbonyl (C=O) groups is 1. The fourth-order valence-corrected chi connectivity index (χ4v) is 3.09. The van der Waals surface area contributed by atoms with E-state index in [1.165, 1.54) is 22.3 Å². The van der Waals surface area contributed by atoms with Gasteiger partial charge in [0.2, 0.25) is 0 Å². The van der Waals surface area contributed by atoms with Crippen molar-refractivity contribution in [2.45, 2.75) is 53.0 Å². The Bertz CT molecular complexity index is 431. The topological polar surface area (TPSA) is 29.1 Å². The summed E-state index contributed by atoms with van der Waals surface area (Å²) in [4.78, 5) is 11.2. The summed E-state index contributed by atoms with van der Waals surface area (Å²) in [7, 11) is 0. The van der Waals surface area contributed by atoms with Gasteiger partial charge in [0.15, 0.2) is 0 Å². The monoisotopic (exact) mass is 259 g/mol. The van der Waals surface area contributed by atoms with Crippen molar-refractivity contribution in [3.8, 4) is 0 Å². The average molecular weight is 259 g/mol. The van der Waals surface area contributed by atoms with Gasteiger partial charge >= 0.3 is 0 Å². The molecule has 0 bridgehead atoms. The second-order valence-electron chi connectivity index (χ2n) is 5.99. The van der Waals surface area contributed by atoms with Gasteiger partial charge in [-0.3, -0.25) is 4.79 Å². The van der Waals surface area contributed by atoms with Crippen molar-refractivity contribution >= 4 is 5.78 Å². The Labute approximate surface area is 116 Å². The number of rotatable bonds is 4. The van der Waals surface area contributed by atoms with Gasteiger partial charge < -0.3 is 5.32 Å². The average Bonchev–Trinajstić information content (AvgIpc) is 2.34. The summed E-state index contributed by atoms with van der Waals surface area (Å²) in [5.74, 6) is 1.13. The fourth-order valence-electron chi connectivity index (χ4n) is 3.09. The Morgan fingerprint density at radius 3 is 2.26 bits per heavy atom. The third kappa shape index (κ3) is 3.90. The molecule has 1 N–H and O–H groups in total. The molecule has 1 aromatic rings. The SMILES string of the molecule is Cc1cc(C)c(CNCC2CCC(=O)CC2)c(C)c1. The van der Waals surface area contributed by atoms with Gasteiger partial charge in [0.1, 0.15) is 5.78 Å². The van der Waals surface area contributed by atoms with Crippen LogP contribution in [0.1, 0.15) is 47.9 Å². The lowest BCUT2D eigenvalue weighted by molar-refractivity contribution is -0.120. The number of ketones is 1. The summed E-state index contributed by atoms with van der Waals surface area (Å²) < 4.78 is 0. The molecule has 0 aliphatic heterocycles. The van der Waals surface area contributed by atoms with Gasteiger partial charge in [0.25, 0.3) is 0 Å². The summed E-state index contributed by atoms with van der Waals surface area (Å²) >= 11 is 0. The lowest BCUT2D eigenvalue weighted by Gasteiger charge is -2.22. The van der Waals surface area contributed by atoms with E-state index in [4.69, 9.17) is 0 Å². The highest BCUT2D eigenvalue weighted by atomic mass is 16.1. The summed E-state index contributed by atoms with van der Waals surface area (Å²) in [6, 6.07) is 4.51. The maximum Gasteiger partial charge on any atom is 0.132 e. The van der Waals surface area contributed by atoms with Gasteiger partial charge in [-0.05, 0) is 62.8 Å². The molecule has 1 aliphatic carbocycles. The molecule has 2 nitrogen and oxygen atoms in total. The highest BCUT2D eigenvalue weighted by molar-refractivity contribution is 5.79. The number of Topliss-reactive ketones (excluding diaryl/α,β-unsaturated/α-hetero) is 1. The summed E-state index contributed by atoms with van der Waals surface area (Å²) in [6.45, 7) is 8.52. The highest BCUT2D eigenvalue weighted by Gasteiger charge is 2.18. The fraction of sp³-hybridized carbons (Fsp3) is 0.588. The third-order valence-corrected chi connectivity index (χ3v) is 4.24. The van der Waals surface area contributed by atoms with Crippen molar-refractivity contribution < 1.29 is 4.79 Å². The van der Waals surface area contributed by atoms with E-state index >= 15 is 0 Å². The first-order chi connectivity index (χ1) is 9.06. The minimum atomic E-state index is 0.446. The van der Waals surface area contributed by atoms with Crippen molar-refractivity contribution in [1.82, 2.24) is 5.32 Å². The van der Waals surface area contributed by atoms with Gasteiger partial charge in [-0.15, -0.1) is 0 Å². The van der Waals surface area contributed by atoms with Crippen molar-refractivity contribution in [3.63, 3.8) is 0 Å². The minimum Gasteiger partial charge on any atom is -0.312 e. The van der Waals surface area contributed by atoms with Gasteiger partial charge in [-0.25, -0.2) is 0 Å². The second kappa shape index (κ2) is 6.33. The minimum absolute atomic E-state index is 0.446. The smallest absolute Gasteiger partial charge is 0.132 e. The third-order valence-electron chi connectivity index (χ3n) is 4.24. The quantitative estimate of drug-likeness (QED) is 0.897. The lowest BCUT2D eigenvalue weighted by Crippen LogP contribution is -2.26. The Balaban J connectivity index is 1.84. The molecule has 1 saturated carbocycles. The van der Waals surface area contributed by atoms with Crippen LogP contribution in [0, 0.1) is 26.7 Å². The van der Waals surface area contributed by atoms with E-state index in [0.29, 0.717) is 11.7 Å². The van der Waals surface area contributed by atoms with Crippen molar-refractivity contribution in [3.05, 3.63) is 34.4 Å². The Hall–Kier alpha value is -1.15. The van der Waals surface area contributed by atoms with Crippen molar-refractivity contribution in [2.24, 2.45) is 5.92 Å². The van der Waals surface area contributed by atoms with Crippen LogP contribution in [0.4, 0.5) is 0 Å². The normalized spacial score (nSPS) is 16.9. The van der Waals surface area contributed by atoms with E-state index in [9.17, 15) is 4.79 Å². The van der Waals surface area contributed by atoms with Crippen LogP contribution in [0.15, 0.2) is 12.1 Å². The second-order valence-corrected chi connectivity index (χ2v) is 5.99. The van der Waals surface area contributed by atoms with E-state index in [2.05, 4.69) is 38.2 Å². The lowest BCUT2D eigenvalue weighted by atomic mass is 9.88. The van der Waals surface area contributed by atoms with Crippen LogP contribution < -0.4 is 5.32 Å². The zero-order valence-electron chi connectivity index (χ0n) is 12.4. The first-order valence-corrected chi connectivity index (χ1v) is 7.35. The number of nitrogens with one attached hydrogen (secondary N) is 1. The molecule has 0 radical (unpaired) electrons. The molecule has 1 aliphatic rings. The molecule has 1 fully saturated rings. The molecule has 0 spiro atoms. The first kappa shape index (κ1) is 14.3. The maximum atomic E-state index is 11.2. The molecule has 0 unspecified atom stereocenters. The molecular formula is C17H25NO.